The van der Waals surface area contributed by atoms with E-state index in [-0.39, 0.29) is 17.7 Å². The van der Waals surface area contributed by atoms with Crippen LogP contribution in [0.5, 0.6) is 0 Å². The topological polar surface area (TPSA) is 99.1 Å². The van der Waals surface area contributed by atoms with Crippen molar-refractivity contribution in [1.82, 2.24) is 10.6 Å². The molecular formula is C25H27F4N3O3S. The predicted molar refractivity (Wildman–Crippen MR) is 126 cm³/mol. The number of nitrogens with zero attached hydrogens (tertiary/aromatic N) is 1. The minimum Gasteiger partial charge on any atom is -0.336 e. The Morgan fingerprint density at radius 1 is 1.08 bits per heavy atom. The van der Waals surface area contributed by atoms with E-state index in [9.17, 15) is 31.6 Å². The van der Waals surface area contributed by atoms with Crippen molar-refractivity contribution >= 4 is 15.7 Å². The van der Waals surface area contributed by atoms with Gasteiger partial charge in [0.05, 0.1) is 17.0 Å². The third-order valence-corrected chi connectivity index (χ3v) is 6.81. The number of halogens is 4. The minimum absolute atomic E-state index is 0.0379. The SMILES string of the molecule is [2H]C([2H])([2H])C(F)(CC(NC(c1ccc(-c2ccc(S(C)(=O)=O)cc2)cc1)C(F)(F)F)C(=O)NC1(C#N)CC1)C([2H])([2H])[2H]. The Hall–Kier alpha value is -2.97. The van der Waals surface area contributed by atoms with Gasteiger partial charge in [-0.2, -0.15) is 18.4 Å². The van der Waals surface area contributed by atoms with Gasteiger partial charge < -0.3 is 5.32 Å². The van der Waals surface area contributed by atoms with E-state index in [1.807, 2.05) is 5.32 Å². The molecule has 11 heteroatoms. The molecule has 6 nitrogen and oxygen atoms in total. The second kappa shape index (κ2) is 9.82. The van der Waals surface area contributed by atoms with Gasteiger partial charge in [-0.05, 0) is 55.4 Å². The number of nitrogens with one attached hydrogen (secondary N) is 2. The van der Waals surface area contributed by atoms with Gasteiger partial charge in [-0.25, -0.2) is 12.8 Å². The first-order valence-electron chi connectivity index (χ1n) is 13.7. The molecular weight excluding hydrogens is 498 g/mol. The van der Waals surface area contributed by atoms with Gasteiger partial charge in [0, 0.05) is 20.9 Å². The number of alkyl halides is 4. The second-order valence-electron chi connectivity index (χ2n) is 8.80. The molecule has 2 unspecified atom stereocenters. The van der Waals surface area contributed by atoms with E-state index in [2.05, 4.69) is 5.32 Å². The zero-order chi connectivity index (χ0) is 31.9. The Bertz CT molecular complexity index is 1440. The molecule has 2 aromatic rings. The maximum Gasteiger partial charge on any atom is 0.407 e. The summed E-state index contributed by atoms with van der Waals surface area (Å²) >= 11 is 0. The summed E-state index contributed by atoms with van der Waals surface area (Å²) < 4.78 is 127. The van der Waals surface area contributed by atoms with Crippen molar-refractivity contribution < 1.29 is 39.0 Å². The molecule has 0 heterocycles. The molecule has 1 aliphatic carbocycles. The van der Waals surface area contributed by atoms with Gasteiger partial charge in [-0.3, -0.25) is 10.1 Å². The lowest BCUT2D eigenvalue weighted by molar-refractivity contribution is -0.161. The first-order valence-corrected chi connectivity index (χ1v) is 12.6. The highest BCUT2D eigenvalue weighted by atomic mass is 32.2. The zero-order valence-corrected chi connectivity index (χ0v) is 19.8. The van der Waals surface area contributed by atoms with Crippen LogP contribution < -0.4 is 10.6 Å². The highest BCUT2D eigenvalue weighted by Crippen LogP contribution is 2.37. The largest absolute Gasteiger partial charge is 0.407 e. The number of amides is 1. The molecule has 2 aromatic carbocycles. The summed E-state index contributed by atoms with van der Waals surface area (Å²) in [5, 5.41) is 13.4. The number of carbonyl (C=O) groups excluding carboxylic acids is 1. The Morgan fingerprint density at radius 3 is 2.03 bits per heavy atom. The van der Waals surface area contributed by atoms with Crippen LogP contribution in [0.2, 0.25) is 0 Å². The van der Waals surface area contributed by atoms with Crippen LogP contribution in [0.3, 0.4) is 0 Å². The van der Waals surface area contributed by atoms with E-state index >= 15 is 4.39 Å². The van der Waals surface area contributed by atoms with E-state index < -0.39 is 70.9 Å². The van der Waals surface area contributed by atoms with Crippen molar-refractivity contribution in [3.8, 4) is 17.2 Å². The normalized spacial score (nSPS) is 20.2. The summed E-state index contributed by atoms with van der Waals surface area (Å²) in [4.78, 5) is 13.1. The molecule has 36 heavy (non-hydrogen) atoms. The predicted octanol–water partition coefficient (Wildman–Crippen LogP) is 4.63. The van der Waals surface area contributed by atoms with E-state index in [4.69, 9.17) is 8.22 Å². The minimum atomic E-state index is -5.12. The summed E-state index contributed by atoms with van der Waals surface area (Å²) in [6.45, 7) is -7.68. The summed E-state index contributed by atoms with van der Waals surface area (Å²) in [5.74, 6) is -1.36. The molecule has 0 saturated heterocycles. The Labute approximate surface area is 216 Å². The first-order chi connectivity index (χ1) is 19.0. The molecule has 0 radical (unpaired) electrons. The van der Waals surface area contributed by atoms with Crippen LogP contribution in [0.25, 0.3) is 11.1 Å². The maximum absolute atomic E-state index is 15.7. The van der Waals surface area contributed by atoms with E-state index in [1.54, 1.807) is 6.07 Å². The third-order valence-electron chi connectivity index (χ3n) is 5.68. The van der Waals surface area contributed by atoms with Gasteiger partial charge in [0.1, 0.15) is 17.2 Å². The average molecular weight is 532 g/mol. The lowest BCUT2D eigenvalue weighted by Gasteiger charge is -2.30. The van der Waals surface area contributed by atoms with Crippen molar-refractivity contribution in [1.29, 1.82) is 5.26 Å². The van der Waals surface area contributed by atoms with E-state index in [1.165, 1.54) is 36.4 Å². The van der Waals surface area contributed by atoms with Crippen LogP contribution >= 0.6 is 0 Å². The fourth-order valence-electron chi connectivity index (χ4n) is 3.56. The van der Waals surface area contributed by atoms with Gasteiger partial charge in [-0.15, -0.1) is 0 Å². The fourth-order valence-corrected chi connectivity index (χ4v) is 4.20. The molecule has 0 aromatic heterocycles. The quantitative estimate of drug-likeness (QED) is 0.460. The first kappa shape index (κ1) is 20.1. The number of rotatable bonds is 9. The monoisotopic (exact) mass is 531 g/mol. The summed E-state index contributed by atoms with van der Waals surface area (Å²) in [7, 11) is -3.48. The molecule has 0 bridgehead atoms. The molecule has 3 rings (SSSR count). The van der Waals surface area contributed by atoms with Crippen LogP contribution in [-0.4, -0.2) is 44.0 Å². The molecule has 0 spiro atoms. The van der Waals surface area contributed by atoms with Gasteiger partial charge in [0.25, 0.3) is 0 Å². The summed E-state index contributed by atoms with van der Waals surface area (Å²) in [5.41, 5.74) is -5.09. The summed E-state index contributed by atoms with van der Waals surface area (Å²) in [6.07, 6.45) is -5.48. The Balaban J connectivity index is 1.99. The van der Waals surface area contributed by atoms with Crippen LogP contribution in [0, 0.1) is 11.3 Å². The number of nitriles is 1. The molecule has 2 atom stereocenters. The average Bonchev–Trinajstić information content (AvgIpc) is 3.63. The molecule has 1 fully saturated rings. The van der Waals surface area contributed by atoms with Crippen LogP contribution in [-0.2, 0) is 14.6 Å². The Morgan fingerprint density at radius 2 is 1.61 bits per heavy atom. The number of benzene rings is 2. The van der Waals surface area contributed by atoms with Crippen molar-refractivity contribution in [2.24, 2.45) is 0 Å². The van der Waals surface area contributed by atoms with Crippen molar-refractivity contribution in [2.75, 3.05) is 6.26 Å². The van der Waals surface area contributed by atoms with E-state index in [0.29, 0.717) is 11.1 Å². The number of carbonyl (C=O) groups is 1. The number of hydrogen-bond acceptors (Lipinski definition) is 5. The molecule has 1 amide bonds. The fraction of sp³-hybridized carbons (Fsp3) is 0.440. The van der Waals surface area contributed by atoms with Gasteiger partial charge >= 0.3 is 6.18 Å². The standard InChI is InChI=1S/C25H27F4N3O3S/c1-23(2,26)14-20(22(33)32-24(15-30)12-13-24)31-21(25(27,28)29)18-6-4-16(5-7-18)17-8-10-19(11-9-17)36(3,34)35/h4-11,20-21,31H,12-14H2,1-3H3,(H,32,33)/i1D3,2D3. The summed E-state index contributed by atoms with van der Waals surface area (Å²) in [6, 6.07) is 7.03. The number of sulfone groups is 1. The molecule has 2 N–H and O–H groups in total. The smallest absolute Gasteiger partial charge is 0.336 e. The lowest BCUT2D eigenvalue weighted by atomic mass is 9.96. The van der Waals surface area contributed by atoms with Gasteiger partial charge in [0.15, 0.2) is 9.84 Å². The lowest BCUT2D eigenvalue weighted by Crippen LogP contribution is -2.53. The van der Waals surface area contributed by atoms with Crippen molar-refractivity contribution in [2.45, 2.75) is 67.3 Å². The van der Waals surface area contributed by atoms with E-state index in [0.717, 1.165) is 18.4 Å². The number of hydrogen-bond donors (Lipinski definition) is 2. The third kappa shape index (κ3) is 7.04. The zero-order valence-electron chi connectivity index (χ0n) is 25.0. The van der Waals surface area contributed by atoms with Gasteiger partial charge in [-0.1, -0.05) is 36.4 Å². The van der Waals surface area contributed by atoms with Crippen LogP contribution in [0.1, 0.15) is 52.8 Å². The van der Waals surface area contributed by atoms with Crippen LogP contribution in [0.15, 0.2) is 53.4 Å². The highest BCUT2D eigenvalue weighted by Gasteiger charge is 2.48. The molecule has 1 saturated carbocycles. The van der Waals surface area contributed by atoms with Crippen molar-refractivity contribution in [3.63, 3.8) is 0 Å². The molecule has 194 valence electrons. The highest BCUT2D eigenvalue weighted by molar-refractivity contribution is 7.90. The van der Waals surface area contributed by atoms with Crippen molar-refractivity contribution in [3.05, 3.63) is 54.1 Å². The van der Waals surface area contributed by atoms with Gasteiger partial charge in [0.2, 0.25) is 5.91 Å². The Kier molecular flexibility index (Phi) is 5.49. The maximum atomic E-state index is 15.7. The molecule has 0 aliphatic heterocycles. The second-order valence-corrected chi connectivity index (χ2v) is 10.8. The molecule has 1 aliphatic rings. The van der Waals surface area contributed by atoms with Crippen LogP contribution in [0.4, 0.5) is 17.6 Å².